The molecule has 1 atom stereocenters. The number of fused-ring (bicyclic) bond motifs is 1. The van der Waals surface area contributed by atoms with Crippen LogP contribution in [0.4, 0.5) is 11.7 Å². The molecule has 1 aliphatic rings. The molecule has 5 heteroatoms. The zero-order chi connectivity index (χ0) is 13.4. The quantitative estimate of drug-likeness (QED) is 0.836. The Labute approximate surface area is 113 Å². The normalized spacial score (nSPS) is 20.4. The SMILES string of the molecule is CN(C)C1CCCN(c2nc3c(N)cccc3o2)C1. The van der Waals surface area contributed by atoms with Crippen molar-refractivity contribution >= 4 is 22.8 Å². The number of aromatic nitrogens is 1. The van der Waals surface area contributed by atoms with Crippen molar-refractivity contribution in [1.82, 2.24) is 9.88 Å². The van der Waals surface area contributed by atoms with E-state index in [9.17, 15) is 0 Å². The summed E-state index contributed by atoms with van der Waals surface area (Å²) in [4.78, 5) is 9.03. The van der Waals surface area contributed by atoms with E-state index in [-0.39, 0.29) is 0 Å². The van der Waals surface area contributed by atoms with E-state index in [0.29, 0.717) is 17.7 Å². The largest absolute Gasteiger partial charge is 0.423 e. The minimum absolute atomic E-state index is 0.557. The van der Waals surface area contributed by atoms with Gasteiger partial charge in [-0.1, -0.05) is 6.07 Å². The molecule has 102 valence electrons. The van der Waals surface area contributed by atoms with Gasteiger partial charge in [-0.3, -0.25) is 0 Å². The highest BCUT2D eigenvalue weighted by atomic mass is 16.4. The second-order valence-corrected chi connectivity index (χ2v) is 5.40. The lowest BCUT2D eigenvalue weighted by Gasteiger charge is -2.35. The topological polar surface area (TPSA) is 58.5 Å². The molecule has 0 aliphatic carbocycles. The van der Waals surface area contributed by atoms with E-state index >= 15 is 0 Å². The number of hydrogen-bond acceptors (Lipinski definition) is 5. The molecule has 2 aromatic rings. The molecule has 1 aliphatic heterocycles. The number of anilines is 2. The van der Waals surface area contributed by atoms with Crippen LogP contribution in [0.3, 0.4) is 0 Å². The molecule has 1 unspecified atom stereocenters. The minimum atomic E-state index is 0.557. The van der Waals surface area contributed by atoms with Crippen LogP contribution in [0.15, 0.2) is 22.6 Å². The number of nitrogens with zero attached hydrogens (tertiary/aromatic N) is 3. The maximum absolute atomic E-state index is 5.93. The number of oxazole rings is 1. The lowest BCUT2D eigenvalue weighted by atomic mass is 10.1. The summed E-state index contributed by atoms with van der Waals surface area (Å²) < 4.78 is 5.83. The number of nitrogens with two attached hydrogens (primary N) is 1. The molecule has 19 heavy (non-hydrogen) atoms. The second-order valence-electron chi connectivity index (χ2n) is 5.40. The monoisotopic (exact) mass is 260 g/mol. The fraction of sp³-hybridized carbons (Fsp3) is 0.500. The standard InChI is InChI=1S/C14H20N4O/c1-17(2)10-5-4-8-18(9-10)14-16-13-11(15)6-3-7-12(13)19-14/h3,6-7,10H,4-5,8-9,15H2,1-2H3. The van der Waals surface area contributed by atoms with E-state index in [1.165, 1.54) is 6.42 Å². The van der Waals surface area contributed by atoms with Crippen LogP contribution in [0.5, 0.6) is 0 Å². The van der Waals surface area contributed by atoms with Gasteiger partial charge in [-0.05, 0) is 39.1 Å². The molecule has 1 fully saturated rings. The van der Waals surface area contributed by atoms with Gasteiger partial charge in [-0.2, -0.15) is 4.98 Å². The van der Waals surface area contributed by atoms with Crippen LogP contribution in [0.1, 0.15) is 12.8 Å². The summed E-state index contributed by atoms with van der Waals surface area (Å²) in [6.45, 7) is 1.96. The van der Waals surface area contributed by atoms with E-state index in [1.54, 1.807) is 0 Å². The molecule has 0 saturated carbocycles. The van der Waals surface area contributed by atoms with Gasteiger partial charge in [0.05, 0.1) is 5.69 Å². The van der Waals surface area contributed by atoms with E-state index in [4.69, 9.17) is 10.2 Å². The molecule has 0 bridgehead atoms. The van der Waals surface area contributed by atoms with Gasteiger partial charge in [0.15, 0.2) is 5.58 Å². The highest BCUT2D eigenvalue weighted by molar-refractivity contribution is 5.86. The summed E-state index contributed by atoms with van der Waals surface area (Å²) in [5, 5.41) is 0. The van der Waals surface area contributed by atoms with E-state index < -0.39 is 0 Å². The first kappa shape index (κ1) is 12.3. The number of nitrogen functional groups attached to an aromatic ring is 1. The summed E-state index contributed by atoms with van der Waals surface area (Å²) in [5.74, 6) is 0. The van der Waals surface area contributed by atoms with Crippen LogP contribution >= 0.6 is 0 Å². The molecule has 5 nitrogen and oxygen atoms in total. The maximum atomic E-state index is 5.93. The van der Waals surface area contributed by atoms with Crippen molar-refractivity contribution in [1.29, 1.82) is 0 Å². The van der Waals surface area contributed by atoms with Crippen molar-refractivity contribution in [2.24, 2.45) is 0 Å². The van der Waals surface area contributed by atoms with E-state index in [2.05, 4.69) is 28.9 Å². The lowest BCUT2D eigenvalue weighted by Crippen LogP contribution is -2.45. The number of rotatable bonds is 2. The zero-order valence-corrected chi connectivity index (χ0v) is 11.5. The Morgan fingerprint density at radius 1 is 1.42 bits per heavy atom. The van der Waals surface area contributed by atoms with Crippen molar-refractivity contribution < 1.29 is 4.42 Å². The Kier molecular flexibility index (Phi) is 3.06. The lowest BCUT2D eigenvalue weighted by molar-refractivity contribution is 0.254. The van der Waals surface area contributed by atoms with Gasteiger partial charge in [0.1, 0.15) is 5.52 Å². The number of benzene rings is 1. The van der Waals surface area contributed by atoms with Crippen LogP contribution in [0.2, 0.25) is 0 Å². The van der Waals surface area contributed by atoms with Gasteiger partial charge in [0, 0.05) is 19.1 Å². The number of para-hydroxylation sites is 1. The Morgan fingerprint density at radius 3 is 3.00 bits per heavy atom. The van der Waals surface area contributed by atoms with Crippen LogP contribution in [-0.4, -0.2) is 43.1 Å². The smallest absolute Gasteiger partial charge is 0.298 e. The summed E-state index contributed by atoms with van der Waals surface area (Å²) >= 11 is 0. The molecule has 1 saturated heterocycles. The fourth-order valence-corrected chi connectivity index (χ4v) is 2.64. The first-order chi connectivity index (χ1) is 9.15. The van der Waals surface area contributed by atoms with Crippen LogP contribution in [0, 0.1) is 0 Å². The van der Waals surface area contributed by atoms with Crippen LogP contribution in [-0.2, 0) is 0 Å². The van der Waals surface area contributed by atoms with Crippen molar-refractivity contribution in [2.75, 3.05) is 37.8 Å². The van der Waals surface area contributed by atoms with Gasteiger partial charge in [0.2, 0.25) is 0 Å². The first-order valence-electron chi connectivity index (χ1n) is 6.71. The number of hydrogen-bond donors (Lipinski definition) is 1. The average Bonchev–Trinajstić information content (AvgIpc) is 2.84. The fourth-order valence-electron chi connectivity index (χ4n) is 2.64. The third kappa shape index (κ3) is 2.26. The molecule has 0 radical (unpaired) electrons. The Balaban J connectivity index is 1.89. The highest BCUT2D eigenvalue weighted by Gasteiger charge is 2.24. The molecular formula is C14H20N4O. The molecular weight excluding hydrogens is 240 g/mol. The molecule has 1 aromatic carbocycles. The van der Waals surface area contributed by atoms with Gasteiger partial charge in [-0.15, -0.1) is 0 Å². The molecule has 1 aromatic heterocycles. The van der Waals surface area contributed by atoms with Crippen LogP contribution < -0.4 is 10.6 Å². The van der Waals surface area contributed by atoms with Gasteiger partial charge in [0.25, 0.3) is 6.01 Å². The Bertz CT molecular complexity index is 578. The molecule has 2 heterocycles. The Hall–Kier alpha value is -1.75. The molecule has 0 spiro atoms. The average molecular weight is 260 g/mol. The summed E-state index contributed by atoms with van der Waals surface area (Å²) in [7, 11) is 4.25. The predicted molar refractivity (Wildman–Crippen MR) is 77.3 cm³/mol. The number of piperidine rings is 1. The first-order valence-corrected chi connectivity index (χ1v) is 6.71. The van der Waals surface area contributed by atoms with Gasteiger partial charge in [-0.25, -0.2) is 0 Å². The summed E-state index contributed by atoms with van der Waals surface area (Å²) in [6.07, 6.45) is 2.39. The predicted octanol–water partition coefficient (Wildman–Crippen LogP) is 1.94. The van der Waals surface area contributed by atoms with Crippen molar-refractivity contribution in [3.63, 3.8) is 0 Å². The highest BCUT2D eigenvalue weighted by Crippen LogP contribution is 2.28. The maximum Gasteiger partial charge on any atom is 0.298 e. The molecule has 3 rings (SSSR count). The van der Waals surface area contributed by atoms with Gasteiger partial charge >= 0.3 is 0 Å². The minimum Gasteiger partial charge on any atom is -0.423 e. The van der Waals surface area contributed by atoms with Crippen LogP contribution in [0.25, 0.3) is 11.1 Å². The molecule has 2 N–H and O–H groups in total. The van der Waals surface area contributed by atoms with Crippen molar-refractivity contribution in [3.8, 4) is 0 Å². The third-order valence-corrected chi connectivity index (χ3v) is 3.84. The van der Waals surface area contributed by atoms with Crippen molar-refractivity contribution in [3.05, 3.63) is 18.2 Å². The van der Waals surface area contributed by atoms with E-state index in [0.717, 1.165) is 30.6 Å². The zero-order valence-electron chi connectivity index (χ0n) is 11.5. The summed E-state index contributed by atoms with van der Waals surface area (Å²) in [6, 6.07) is 6.91. The van der Waals surface area contributed by atoms with E-state index in [1.807, 2.05) is 18.2 Å². The molecule has 0 amide bonds. The second kappa shape index (κ2) is 4.74. The van der Waals surface area contributed by atoms with Gasteiger partial charge < -0.3 is 20.0 Å². The van der Waals surface area contributed by atoms with Crippen molar-refractivity contribution in [2.45, 2.75) is 18.9 Å². The Morgan fingerprint density at radius 2 is 2.26 bits per heavy atom. The third-order valence-electron chi connectivity index (χ3n) is 3.84. The summed E-state index contributed by atoms with van der Waals surface area (Å²) in [5.41, 5.74) is 8.13. The number of likely N-dealkylation sites (N-methyl/N-ethyl adjacent to an activating group) is 1.